The highest BCUT2D eigenvalue weighted by atomic mass is 15.2. The van der Waals surface area contributed by atoms with Gasteiger partial charge in [-0.05, 0) is 145 Å². The van der Waals surface area contributed by atoms with Crippen LogP contribution in [0.25, 0.3) is 66.8 Å². The zero-order valence-corrected chi connectivity index (χ0v) is 40.0. The van der Waals surface area contributed by atoms with Gasteiger partial charge in [0.25, 0.3) is 0 Å². The van der Waals surface area contributed by atoms with E-state index in [0.29, 0.717) is 0 Å². The van der Waals surface area contributed by atoms with Crippen molar-refractivity contribution in [2.24, 2.45) is 0 Å². The van der Waals surface area contributed by atoms with Gasteiger partial charge in [-0.2, -0.15) is 0 Å². The van der Waals surface area contributed by atoms with Crippen LogP contribution in [-0.4, -0.2) is 0 Å². The van der Waals surface area contributed by atoms with Gasteiger partial charge in [-0.1, -0.05) is 226 Å². The molecule has 0 radical (unpaired) electrons. The molecule has 0 fully saturated rings. The summed E-state index contributed by atoms with van der Waals surface area (Å²) in [7, 11) is 0. The Balaban J connectivity index is 1.12. The van der Waals surface area contributed by atoms with E-state index in [1.165, 1.54) is 72.3 Å². The summed E-state index contributed by atoms with van der Waals surface area (Å²) in [5.41, 5.74) is 23.3. The van der Waals surface area contributed by atoms with E-state index in [9.17, 15) is 0 Å². The highest BCUT2D eigenvalue weighted by Crippen LogP contribution is 2.54. The predicted molar refractivity (Wildman–Crippen MR) is 301 cm³/mol. The third-order valence-electron chi connectivity index (χ3n) is 14.2. The Morgan fingerprint density at radius 2 is 0.606 bits per heavy atom. The van der Waals surface area contributed by atoms with Crippen LogP contribution in [0.15, 0.2) is 279 Å². The molecule has 0 amide bonds. The summed E-state index contributed by atoms with van der Waals surface area (Å²) in [6, 6.07) is 102. The molecule has 0 bridgehead atoms. The first-order chi connectivity index (χ1) is 35.0. The van der Waals surface area contributed by atoms with Gasteiger partial charge in [0.15, 0.2) is 0 Å². The highest BCUT2D eigenvalue weighted by Gasteiger charge is 2.37. The molecule has 0 heterocycles. The molecule has 0 aromatic heterocycles. The van der Waals surface area contributed by atoms with Crippen LogP contribution >= 0.6 is 0 Å². The Labute approximate surface area is 418 Å². The monoisotopic (exact) mass is 908 g/mol. The van der Waals surface area contributed by atoms with Gasteiger partial charge < -0.3 is 9.80 Å². The summed E-state index contributed by atoms with van der Waals surface area (Å²) in [5.74, 6) is 0. The van der Waals surface area contributed by atoms with Crippen LogP contribution < -0.4 is 9.80 Å². The van der Waals surface area contributed by atoms with Crippen LogP contribution in [0.3, 0.4) is 0 Å². The Morgan fingerprint density at radius 1 is 0.225 bits per heavy atom. The minimum Gasteiger partial charge on any atom is -0.310 e. The van der Waals surface area contributed by atoms with Crippen molar-refractivity contribution >= 4 is 34.1 Å². The number of para-hydroxylation sites is 2. The summed E-state index contributed by atoms with van der Waals surface area (Å²) in [6.45, 7) is 4.77. The van der Waals surface area contributed by atoms with E-state index in [4.69, 9.17) is 0 Å². The molecule has 0 N–H and O–H groups in total. The SMILES string of the molecule is CC1(C)c2cc(N(c3ccccc3)c3cc(-c4c(-c5ccccc5)cccc4-c4ccccc4)cc(N(c4ccccc4)c4ccc(-c5ccccc5)cc4)c3)ccc2-c2c(-c3ccccc3)cccc21. The molecule has 2 nitrogen and oxygen atoms in total. The van der Waals surface area contributed by atoms with E-state index in [2.05, 4.69) is 303 Å². The lowest BCUT2D eigenvalue weighted by molar-refractivity contribution is 0.660. The van der Waals surface area contributed by atoms with Gasteiger partial charge in [0.05, 0.1) is 0 Å². The topological polar surface area (TPSA) is 6.48 Å². The maximum Gasteiger partial charge on any atom is 0.0488 e. The maximum absolute atomic E-state index is 2.46. The second-order valence-electron chi connectivity index (χ2n) is 18.9. The van der Waals surface area contributed by atoms with Crippen LogP contribution in [0.5, 0.6) is 0 Å². The van der Waals surface area contributed by atoms with Crippen molar-refractivity contribution in [2.75, 3.05) is 9.80 Å². The number of benzene rings is 11. The lowest BCUT2D eigenvalue weighted by Crippen LogP contribution is -2.17. The fourth-order valence-electron chi connectivity index (χ4n) is 10.8. The molecule has 12 rings (SSSR count). The fourth-order valence-corrected chi connectivity index (χ4v) is 10.8. The van der Waals surface area contributed by atoms with E-state index in [1.54, 1.807) is 0 Å². The van der Waals surface area contributed by atoms with E-state index in [1.807, 2.05) is 0 Å². The van der Waals surface area contributed by atoms with Crippen molar-refractivity contribution in [3.63, 3.8) is 0 Å². The molecule has 0 aliphatic heterocycles. The lowest BCUT2D eigenvalue weighted by Gasteiger charge is -2.31. The molecule has 11 aromatic rings. The molecule has 11 aromatic carbocycles. The highest BCUT2D eigenvalue weighted by molar-refractivity contribution is 5.99. The van der Waals surface area contributed by atoms with Crippen LogP contribution in [0.4, 0.5) is 34.1 Å². The molecule has 0 unspecified atom stereocenters. The molecular weight excluding hydrogens is 857 g/mol. The van der Waals surface area contributed by atoms with Crippen molar-refractivity contribution in [1.82, 2.24) is 0 Å². The minimum absolute atomic E-state index is 0.240. The van der Waals surface area contributed by atoms with Gasteiger partial charge in [0.2, 0.25) is 0 Å². The number of rotatable bonds is 11. The summed E-state index contributed by atoms with van der Waals surface area (Å²) >= 11 is 0. The van der Waals surface area contributed by atoms with E-state index >= 15 is 0 Å². The average Bonchev–Trinajstić information content (AvgIpc) is 3.67. The summed E-state index contributed by atoms with van der Waals surface area (Å²) in [6.07, 6.45) is 0. The first kappa shape index (κ1) is 43.3. The second kappa shape index (κ2) is 18.5. The zero-order chi connectivity index (χ0) is 47.7. The van der Waals surface area contributed by atoms with Crippen LogP contribution in [0.1, 0.15) is 25.0 Å². The van der Waals surface area contributed by atoms with Crippen molar-refractivity contribution in [2.45, 2.75) is 19.3 Å². The number of nitrogens with zero attached hydrogens (tertiary/aromatic N) is 2. The molecule has 0 spiro atoms. The number of fused-ring (bicyclic) bond motifs is 3. The molecule has 0 atom stereocenters. The predicted octanol–water partition coefficient (Wildman–Crippen LogP) is 19.3. The summed E-state index contributed by atoms with van der Waals surface area (Å²) < 4.78 is 0. The Bertz CT molecular complexity index is 3570. The van der Waals surface area contributed by atoms with Gasteiger partial charge in [-0.3, -0.25) is 0 Å². The van der Waals surface area contributed by atoms with Crippen molar-refractivity contribution in [1.29, 1.82) is 0 Å². The zero-order valence-electron chi connectivity index (χ0n) is 40.0. The third-order valence-corrected chi connectivity index (χ3v) is 14.2. The molecule has 71 heavy (non-hydrogen) atoms. The van der Waals surface area contributed by atoms with E-state index in [-0.39, 0.29) is 5.41 Å². The second-order valence-corrected chi connectivity index (χ2v) is 18.9. The number of hydrogen-bond donors (Lipinski definition) is 0. The molecule has 2 heteroatoms. The molecule has 1 aliphatic rings. The van der Waals surface area contributed by atoms with Crippen molar-refractivity contribution < 1.29 is 0 Å². The Hall–Kier alpha value is -8.98. The fraction of sp³-hybridized carbons (Fsp3) is 0.0435. The van der Waals surface area contributed by atoms with Gasteiger partial charge in [-0.15, -0.1) is 0 Å². The quantitative estimate of drug-likeness (QED) is 0.128. The summed E-state index contributed by atoms with van der Waals surface area (Å²) in [4.78, 5) is 4.87. The molecule has 338 valence electrons. The third kappa shape index (κ3) is 8.10. The Kier molecular flexibility index (Phi) is 11.3. The number of anilines is 6. The van der Waals surface area contributed by atoms with Crippen LogP contribution in [0.2, 0.25) is 0 Å². The van der Waals surface area contributed by atoms with Gasteiger partial charge in [0.1, 0.15) is 0 Å². The van der Waals surface area contributed by atoms with Crippen LogP contribution in [0, 0.1) is 0 Å². The first-order valence-electron chi connectivity index (χ1n) is 24.6. The van der Waals surface area contributed by atoms with Gasteiger partial charge >= 0.3 is 0 Å². The standard InChI is InChI=1S/C69H52N2/c1-69(2)65-38-22-37-63(53-29-15-6-16-30-53)68(65)64-44-43-58(48-66(64)69)71(56-33-19-8-20-34-56)60-46-54(67-61(51-25-11-4-12-26-51)35-21-36-62(67)52-27-13-5-14-28-52)45-59(47-60)70(55-31-17-7-18-32-55)57-41-39-50(40-42-57)49-23-9-3-10-24-49/h3-48H,1-2H3. The lowest BCUT2D eigenvalue weighted by atomic mass is 9.81. The molecule has 0 saturated heterocycles. The average molecular weight is 909 g/mol. The van der Waals surface area contributed by atoms with Crippen LogP contribution in [-0.2, 0) is 5.41 Å². The van der Waals surface area contributed by atoms with Gasteiger partial charge in [-0.25, -0.2) is 0 Å². The minimum atomic E-state index is -0.240. The first-order valence-corrected chi connectivity index (χ1v) is 24.6. The van der Waals surface area contributed by atoms with Gasteiger partial charge in [0, 0.05) is 39.5 Å². The normalized spacial score (nSPS) is 12.2. The van der Waals surface area contributed by atoms with Crippen molar-refractivity contribution in [3.05, 3.63) is 290 Å². The van der Waals surface area contributed by atoms with E-state index in [0.717, 1.165) is 39.7 Å². The molecule has 0 saturated carbocycles. The Morgan fingerprint density at radius 3 is 1.10 bits per heavy atom. The van der Waals surface area contributed by atoms with Crippen molar-refractivity contribution in [3.8, 4) is 66.8 Å². The molecular formula is C69H52N2. The maximum atomic E-state index is 2.46. The number of hydrogen-bond acceptors (Lipinski definition) is 2. The largest absolute Gasteiger partial charge is 0.310 e. The van der Waals surface area contributed by atoms with E-state index < -0.39 is 0 Å². The smallest absolute Gasteiger partial charge is 0.0488 e. The summed E-state index contributed by atoms with van der Waals surface area (Å²) in [5, 5.41) is 0. The molecule has 1 aliphatic carbocycles.